The van der Waals surface area contributed by atoms with Crippen LogP contribution < -0.4 is 15.0 Å². The zero-order valence-corrected chi connectivity index (χ0v) is 16.4. The van der Waals surface area contributed by atoms with Crippen molar-refractivity contribution < 1.29 is 9.53 Å². The number of methoxy groups -OCH3 is 1. The molecule has 3 aromatic rings. The predicted molar refractivity (Wildman–Crippen MR) is 110 cm³/mol. The van der Waals surface area contributed by atoms with E-state index in [1.54, 1.807) is 18.4 Å². The van der Waals surface area contributed by atoms with Gasteiger partial charge in [0.25, 0.3) is 0 Å². The number of amides is 1. The quantitative estimate of drug-likeness (QED) is 0.711. The maximum absolute atomic E-state index is 12.4. The first-order valence-corrected chi connectivity index (χ1v) is 9.97. The Bertz CT molecular complexity index is 963. The van der Waals surface area contributed by atoms with Crippen LogP contribution in [-0.2, 0) is 11.2 Å². The zero-order chi connectivity index (χ0) is 18.8. The van der Waals surface area contributed by atoms with E-state index >= 15 is 0 Å². The lowest BCUT2D eigenvalue weighted by molar-refractivity contribution is -0.125. The molecule has 27 heavy (non-hydrogen) atoms. The summed E-state index contributed by atoms with van der Waals surface area (Å²) in [6.45, 7) is 4.21. The summed E-state index contributed by atoms with van der Waals surface area (Å²) in [4.78, 5) is 19.2. The third kappa shape index (κ3) is 3.90. The molecule has 140 valence electrons. The van der Waals surface area contributed by atoms with Crippen LogP contribution in [0.15, 0.2) is 42.5 Å². The molecule has 1 aromatic heterocycles. The normalized spacial score (nSPS) is 14.2. The Hall–Kier alpha value is -2.60. The van der Waals surface area contributed by atoms with E-state index in [0.717, 1.165) is 41.5 Å². The highest BCUT2D eigenvalue weighted by atomic mass is 32.1. The van der Waals surface area contributed by atoms with Crippen molar-refractivity contribution in [1.29, 1.82) is 0 Å². The van der Waals surface area contributed by atoms with E-state index in [-0.39, 0.29) is 11.8 Å². The van der Waals surface area contributed by atoms with Crippen LogP contribution in [0.5, 0.6) is 5.75 Å². The molecule has 0 radical (unpaired) electrons. The topological polar surface area (TPSA) is 54.5 Å². The molecule has 0 atom stereocenters. The number of fused-ring (bicyclic) bond motifs is 1. The molecule has 2 heterocycles. The average molecular weight is 382 g/mol. The highest BCUT2D eigenvalue weighted by Crippen LogP contribution is 2.33. The van der Waals surface area contributed by atoms with Crippen molar-refractivity contribution in [3.63, 3.8) is 0 Å². The fourth-order valence-corrected chi connectivity index (χ4v) is 4.34. The molecule has 4 rings (SSSR count). The van der Waals surface area contributed by atoms with E-state index in [1.807, 2.05) is 18.2 Å². The lowest BCUT2D eigenvalue weighted by Gasteiger charge is -2.37. The van der Waals surface area contributed by atoms with Gasteiger partial charge in [0.2, 0.25) is 5.91 Å². The van der Waals surface area contributed by atoms with Crippen molar-refractivity contribution in [2.75, 3.05) is 31.6 Å². The van der Waals surface area contributed by atoms with Crippen LogP contribution in [0.2, 0.25) is 0 Å². The van der Waals surface area contributed by atoms with Crippen LogP contribution in [0.1, 0.15) is 11.1 Å². The summed E-state index contributed by atoms with van der Waals surface area (Å²) in [7, 11) is 1.66. The molecule has 5 nitrogen and oxygen atoms in total. The molecule has 0 bridgehead atoms. The van der Waals surface area contributed by atoms with Crippen molar-refractivity contribution >= 4 is 32.6 Å². The largest absolute Gasteiger partial charge is 0.497 e. The third-order valence-corrected chi connectivity index (χ3v) is 5.98. The van der Waals surface area contributed by atoms with Crippen LogP contribution >= 0.6 is 11.3 Å². The number of carbonyl (C=O) groups is 1. The Kier molecular flexibility index (Phi) is 4.99. The van der Waals surface area contributed by atoms with Crippen LogP contribution in [0.3, 0.4) is 0 Å². The van der Waals surface area contributed by atoms with Crippen molar-refractivity contribution in [2.24, 2.45) is 5.92 Å². The molecule has 2 aromatic carbocycles. The first kappa shape index (κ1) is 17.8. The van der Waals surface area contributed by atoms with Gasteiger partial charge in [0.1, 0.15) is 5.75 Å². The van der Waals surface area contributed by atoms with Gasteiger partial charge in [0.05, 0.1) is 23.2 Å². The number of thiazole rings is 1. The summed E-state index contributed by atoms with van der Waals surface area (Å²) < 4.78 is 6.44. The minimum absolute atomic E-state index is 0.0454. The SMILES string of the molecule is COc1cccc(CCNC(=O)C2CN(c3nc4ccc(C)cc4s3)C2)c1. The van der Waals surface area contributed by atoms with Crippen molar-refractivity contribution in [2.45, 2.75) is 13.3 Å². The Morgan fingerprint density at radius 1 is 1.30 bits per heavy atom. The van der Waals surface area contributed by atoms with Gasteiger partial charge in [-0.3, -0.25) is 4.79 Å². The van der Waals surface area contributed by atoms with Gasteiger partial charge in [-0.2, -0.15) is 0 Å². The number of anilines is 1. The summed E-state index contributed by atoms with van der Waals surface area (Å²) in [5, 5.41) is 4.06. The van der Waals surface area contributed by atoms with Gasteiger partial charge < -0.3 is 15.0 Å². The number of benzene rings is 2. The van der Waals surface area contributed by atoms with E-state index in [0.29, 0.717) is 6.54 Å². The Labute approximate surface area is 163 Å². The molecule has 1 aliphatic rings. The van der Waals surface area contributed by atoms with Crippen molar-refractivity contribution in [1.82, 2.24) is 10.3 Å². The van der Waals surface area contributed by atoms with Crippen LogP contribution in [0, 0.1) is 12.8 Å². The van der Waals surface area contributed by atoms with Crippen molar-refractivity contribution in [3.8, 4) is 5.75 Å². The second kappa shape index (κ2) is 7.56. The second-order valence-corrected chi connectivity index (χ2v) is 7.97. The molecule has 1 N–H and O–H groups in total. The number of hydrogen-bond acceptors (Lipinski definition) is 5. The Balaban J connectivity index is 1.26. The van der Waals surface area contributed by atoms with Crippen LogP contribution in [-0.4, -0.2) is 37.6 Å². The molecule has 0 saturated carbocycles. The number of nitrogens with one attached hydrogen (secondary N) is 1. The number of carbonyl (C=O) groups excluding carboxylic acids is 1. The lowest BCUT2D eigenvalue weighted by atomic mass is 10.00. The molecule has 1 amide bonds. The fraction of sp³-hybridized carbons (Fsp3) is 0.333. The molecule has 1 saturated heterocycles. The van der Waals surface area contributed by atoms with E-state index in [2.05, 4.69) is 46.4 Å². The number of aryl methyl sites for hydroxylation is 1. The molecule has 6 heteroatoms. The molecule has 0 aliphatic carbocycles. The highest BCUT2D eigenvalue weighted by Gasteiger charge is 2.34. The summed E-state index contributed by atoms with van der Waals surface area (Å²) in [6, 6.07) is 14.3. The summed E-state index contributed by atoms with van der Waals surface area (Å²) in [5.74, 6) is 1.02. The van der Waals surface area contributed by atoms with E-state index in [1.165, 1.54) is 10.3 Å². The van der Waals surface area contributed by atoms with Gasteiger partial charge in [0, 0.05) is 19.6 Å². The maximum atomic E-state index is 12.4. The number of nitrogens with zero attached hydrogens (tertiary/aromatic N) is 2. The Morgan fingerprint density at radius 2 is 2.15 bits per heavy atom. The molecule has 1 fully saturated rings. The maximum Gasteiger partial charge on any atom is 0.226 e. The number of rotatable bonds is 6. The fourth-order valence-electron chi connectivity index (χ4n) is 3.26. The number of hydrogen-bond donors (Lipinski definition) is 1. The van der Waals surface area contributed by atoms with Crippen LogP contribution in [0.4, 0.5) is 5.13 Å². The Morgan fingerprint density at radius 3 is 2.96 bits per heavy atom. The summed E-state index contributed by atoms with van der Waals surface area (Å²) in [5.41, 5.74) is 3.44. The predicted octanol–water partition coefficient (Wildman–Crippen LogP) is 3.41. The van der Waals surface area contributed by atoms with E-state index in [4.69, 9.17) is 4.74 Å². The number of aromatic nitrogens is 1. The molecule has 1 aliphatic heterocycles. The lowest BCUT2D eigenvalue weighted by Crippen LogP contribution is -2.54. The van der Waals surface area contributed by atoms with Crippen LogP contribution in [0.25, 0.3) is 10.2 Å². The van der Waals surface area contributed by atoms with Gasteiger partial charge in [-0.05, 0) is 48.7 Å². The molecular formula is C21H23N3O2S. The zero-order valence-electron chi connectivity index (χ0n) is 15.6. The smallest absolute Gasteiger partial charge is 0.226 e. The summed E-state index contributed by atoms with van der Waals surface area (Å²) in [6.07, 6.45) is 0.802. The van der Waals surface area contributed by atoms with Gasteiger partial charge >= 0.3 is 0 Å². The molecule has 0 spiro atoms. The van der Waals surface area contributed by atoms with E-state index < -0.39 is 0 Å². The van der Waals surface area contributed by atoms with Gasteiger partial charge in [-0.1, -0.05) is 29.5 Å². The molecule has 0 unspecified atom stereocenters. The standard InChI is InChI=1S/C21H23N3O2S/c1-14-6-7-18-19(10-14)27-21(23-18)24-12-16(13-24)20(25)22-9-8-15-4-3-5-17(11-15)26-2/h3-7,10-11,16H,8-9,12-13H2,1-2H3,(H,22,25). The monoisotopic (exact) mass is 381 g/mol. The van der Waals surface area contributed by atoms with E-state index in [9.17, 15) is 4.79 Å². The minimum atomic E-state index is 0.0454. The average Bonchev–Trinajstić information content (AvgIpc) is 3.03. The molecular weight excluding hydrogens is 358 g/mol. The van der Waals surface area contributed by atoms with Gasteiger partial charge in [-0.15, -0.1) is 0 Å². The number of ether oxygens (including phenoxy) is 1. The second-order valence-electron chi connectivity index (χ2n) is 6.96. The van der Waals surface area contributed by atoms with Crippen molar-refractivity contribution in [3.05, 3.63) is 53.6 Å². The minimum Gasteiger partial charge on any atom is -0.497 e. The first-order chi connectivity index (χ1) is 13.1. The summed E-state index contributed by atoms with van der Waals surface area (Å²) >= 11 is 1.70. The van der Waals surface area contributed by atoms with Gasteiger partial charge in [0.15, 0.2) is 5.13 Å². The highest BCUT2D eigenvalue weighted by molar-refractivity contribution is 7.22. The first-order valence-electron chi connectivity index (χ1n) is 9.15. The third-order valence-electron chi connectivity index (χ3n) is 4.90. The van der Waals surface area contributed by atoms with Gasteiger partial charge in [-0.25, -0.2) is 4.98 Å².